The van der Waals surface area contributed by atoms with Gasteiger partial charge in [0.1, 0.15) is 11.1 Å². The molecule has 0 bridgehead atoms. The molecule has 124 valence electrons. The van der Waals surface area contributed by atoms with Crippen molar-refractivity contribution in [2.45, 2.75) is 16.3 Å². The Morgan fingerprint density at radius 1 is 1.65 bits per heavy atom. The Labute approximate surface area is 139 Å². The van der Waals surface area contributed by atoms with Crippen LogP contribution in [0.4, 0.5) is 0 Å². The van der Waals surface area contributed by atoms with Crippen LogP contribution in [0.25, 0.3) is 0 Å². The van der Waals surface area contributed by atoms with Crippen LogP contribution < -0.4 is 5.73 Å². The average Bonchev–Trinajstić information content (AvgIpc) is 2.95. The van der Waals surface area contributed by atoms with Crippen molar-refractivity contribution in [2.24, 2.45) is 12.8 Å². The molecule has 2 atom stereocenters. The molecule has 1 aromatic heterocycles. The van der Waals surface area contributed by atoms with Gasteiger partial charge < -0.3 is 9.84 Å². The number of nitrogens with zero attached hydrogens (tertiary/aromatic N) is 5. The maximum absolute atomic E-state index is 12.2. The van der Waals surface area contributed by atoms with Gasteiger partial charge in [0.15, 0.2) is 0 Å². The van der Waals surface area contributed by atoms with Gasteiger partial charge in [0.05, 0.1) is 0 Å². The smallest absolute Gasteiger partial charge is 0.352 e. The second-order valence-electron chi connectivity index (χ2n) is 4.97. The molecule has 1 saturated heterocycles. The van der Waals surface area contributed by atoms with Crippen LogP contribution in [0, 0.1) is 0 Å². The van der Waals surface area contributed by atoms with Gasteiger partial charge in [0, 0.05) is 25.7 Å². The van der Waals surface area contributed by atoms with Crippen LogP contribution in [0.5, 0.6) is 0 Å². The van der Waals surface area contributed by atoms with E-state index in [1.54, 1.807) is 7.05 Å². The number of methoxy groups -OCH3 is 1. The first kappa shape index (κ1) is 16.2. The fourth-order valence-corrected chi connectivity index (χ4v) is 4.79. The van der Waals surface area contributed by atoms with E-state index >= 15 is 0 Å². The van der Waals surface area contributed by atoms with Gasteiger partial charge in [-0.1, -0.05) is 11.8 Å². The van der Waals surface area contributed by atoms with Crippen molar-refractivity contribution in [1.29, 1.82) is 0 Å². The number of carbonyl (C=O) groups is 2. The molecule has 23 heavy (non-hydrogen) atoms. The van der Waals surface area contributed by atoms with E-state index < -0.39 is 23.0 Å². The highest BCUT2D eigenvalue weighted by atomic mass is 32.2. The topological polar surface area (TPSA) is 136 Å². The van der Waals surface area contributed by atoms with Crippen LogP contribution in [-0.2, 0) is 21.4 Å². The van der Waals surface area contributed by atoms with Crippen LogP contribution in [-0.4, -0.2) is 71.8 Å². The largest absolute Gasteiger partial charge is 0.477 e. The molecule has 3 rings (SSSR count). The van der Waals surface area contributed by atoms with Crippen molar-refractivity contribution in [2.75, 3.05) is 18.6 Å². The van der Waals surface area contributed by atoms with E-state index in [1.165, 1.54) is 40.2 Å². The molecule has 1 amide bonds. The molecular formula is C11H14N6O4S2. The van der Waals surface area contributed by atoms with Crippen LogP contribution in [0.15, 0.2) is 16.4 Å². The van der Waals surface area contributed by atoms with E-state index in [2.05, 4.69) is 15.5 Å². The predicted octanol–water partition coefficient (Wildman–Crippen LogP) is -1.14. The monoisotopic (exact) mass is 358 g/mol. The Hall–Kier alpha value is -1.63. The molecule has 3 N–H and O–H groups in total. The summed E-state index contributed by atoms with van der Waals surface area (Å²) < 4.78 is 6.56. The molecule has 0 aromatic carbocycles. The van der Waals surface area contributed by atoms with Crippen molar-refractivity contribution in [1.82, 2.24) is 25.1 Å². The van der Waals surface area contributed by atoms with Crippen LogP contribution in [0.3, 0.4) is 0 Å². The molecule has 0 spiro atoms. The fourth-order valence-electron chi connectivity index (χ4n) is 2.41. The summed E-state index contributed by atoms with van der Waals surface area (Å²) >= 11 is 2.69. The van der Waals surface area contributed by atoms with Gasteiger partial charge in [-0.3, -0.25) is 15.4 Å². The minimum Gasteiger partial charge on any atom is -0.477 e. The molecule has 2 aliphatic rings. The summed E-state index contributed by atoms with van der Waals surface area (Å²) in [5.74, 6) is -0.897. The summed E-state index contributed by atoms with van der Waals surface area (Å²) in [5.41, 5.74) is 5.03. The van der Waals surface area contributed by atoms with E-state index in [0.29, 0.717) is 22.2 Å². The van der Waals surface area contributed by atoms with Crippen molar-refractivity contribution in [3.63, 3.8) is 0 Å². The molecule has 0 saturated carbocycles. The Kier molecular flexibility index (Phi) is 4.08. The van der Waals surface area contributed by atoms with Crippen molar-refractivity contribution in [3.05, 3.63) is 11.3 Å². The Bertz CT molecular complexity index is 706. The average molecular weight is 358 g/mol. The standard InChI is InChI=1S/C11H14N6O4S2/c1-16-10(13-14-15-16)23-4-5-3-22-9-11(12,21-2)8(20)17(9)6(5)7(18)19/h9H,3-4,12H2,1-2H3,(H,18,19)/t9?,11-/m1/s1. The first-order valence-electron chi connectivity index (χ1n) is 6.50. The Morgan fingerprint density at radius 3 is 2.96 bits per heavy atom. The third-order valence-corrected chi connectivity index (χ3v) is 6.13. The summed E-state index contributed by atoms with van der Waals surface area (Å²) in [4.78, 5) is 25.0. The van der Waals surface area contributed by atoms with E-state index in [4.69, 9.17) is 10.5 Å². The van der Waals surface area contributed by atoms with Gasteiger partial charge in [-0.25, -0.2) is 9.48 Å². The number of amides is 1. The van der Waals surface area contributed by atoms with Gasteiger partial charge in [-0.2, -0.15) is 0 Å². The fraction of sp³-hybridized carbons (Fsp3) is 0.545. The molecule has 10 nitrogen and oxygen atoms in total. The predicted molar refractivity (Wildman–Crippen MR) is 81.2 cm³/mol. The lowest BCUT2D eigenvalue weighted by Gasteiger charge is -2.54. The normalized spacial score (nSPS) is 27.0. The van der Waals surface area contributed by atoms with E-state index in [1.807, 2.05) is 0 Å². The number of aryl methyl sites for hydroxylation is 1. The number of hydrogen-bond acceptors (Lipinski definition) is 9. The summed E-state index contributed by atoms with van der Waals surface area (Å²) in [6.45, 7) is 0. The highest BCUT2D eigenvalue weighted by Crippen LogP contribution is 2.45. The lowest BCUT2D eigenvalue weighted by atomic mass is 10.00. The van der Waals surface area contributed by atoms with Crippen LogP contribution in [0.1, 0.15) is 0 Å². The number of carbonyl (C=O) groups excluding carboxylic acids is 1. The maximum atomic E-state index is 12.2. The number of β-lactam (4-membered cyclic amide) rings is 1. The molecule has 0 radical (unpaired) electrons. The SMILES string of the molecule is CO[C@]1(N)C(=O)N2C(C(=O)O)=C(CSc3nnnn3C)CSC21. The Balaban J connectivity index is 1.85. The maximum Gasteiger partial charge on any atom is 0.352 e. The van der Waals surface area contributed by atoms with E-state index in [9.17, 15) is 14.7 Å². The minimum absolute atomic E-state index is 0.0282. The molecule has 12 heteroatoms. The lowest BCUT2D eigenvalue weighted by molar-refractivity contribution is -0.182. The zero-order valence-corrected chi connectivity index (χ0v) is 13.9. The second-order valence-corrected chi connectivity index (χ2v) is 6.98. The number of carboxylic acids is 1. The lowest BCUT2D eigenvalue weighted by Crippen LogP contribution is -2.78. The third-order valence-electron chi connectivity index (χ3n) is 3.64. The second kappa shape index (κ2) is 5.78. The molecular weight excluding hydrogens is 344 g/mol. The molecule has 0 aliphatic carbocycles. The number of hydrogen-bond donors (Lipinski definition) is 2. The van der Waals surface area contributed by atoms with Gasteiger partial charge in [-0.15, -0.1) is 16.9 Å². The highest BCUT2D eigenvalue weighted by molar-refractivity contribution is 8.01. The number of tetrazole rings is 1. The van der Waals surface area contributed by atoms with Gasteiger partial charge in [-0.05, 0) is 16.0 Å². The molecule has 2 aliphatic heterocycles. The first-order chi connectivity index (χ1) is 10.9. The summed E-state index contributed by atoms with van der Waals surface area (Å²) in [6.07, 6.45) is 0. The van der Waals surface area contributed by atoms with Crippen LogP contribution in [0.2, 0.25) is 0 Å². The van der Waals surface area contributed by atoms with Gasteiger partial charge in [0.2, 0.25) is 10.9 Å². The zero-order chi connectivity index (χ0) is 16.8. The molecule has 1 fully saturated rings. The number of carboxylic acid groups (broad SMARTS) is 1. The third kappa shape index (κ3) is 2.41. The van der Waals surface area contributed by atoms with Gasteiger partial charge >= 0.3 is 5.97 Å². The number of fused-ring (bicyclic) bond motifs is 1. The highest BCUT2D eigenvalue weighted by Gasteiger charge is 2.63. The number of nitrogens with two attached hydrogens (primary N) is 1. The molecule has 1 unspecified atom stereocenters. The first-order valence-corrected chi connectivity index (χ1v) is 8.53. The molecule has 1 aromatic rings. The zero-order valence-electron chi connectivity index (χ0n) is 12.3. The summed E-state index contributed by atoms with van der Waals surface area (Å²) in [5, 5.41) is 20.6. The number of rotatable bonds is 5. The van der Waals surface area contributed by atoms with Crippen molar-refractivity contribution >= 4 is 35.4 Å². The number of aliphatic carboxylic acids is 1. The van der Waals surface area contributed by atoms with Gasteiger partial charge in [0.25, 0.3) is 5.91 Å². The summed E-state index contributed by atoms with van der Waals surface area (Å²) in [7, 11) is 3.03. The molecule has 3 heterocycles. The quantitative estimate of drug-likeness (QED) is 0.377. The van der Waals surface area contributed by atoms with Crippen molar-refractivity contribution < 1.29 is 19.4 Å². The van der Waals surface area contributed by atoms with E-state index in [0.717, 1.165) is 0 Å². The number of thioether (sulfide) groups is 2. The number of aromatic nitrogens is 4. The van der Waals surface area contributed by atoms with Crippen molar-refractivity contribution in [3.8, 4) is 0 Å². The van der Waals surface area contributed by atoms with Crippen LogP contribution >= 0.6 is 23.5 Å². The summed E-state index contributed by atoms with van der Waals surface area (Å²) in [6, 6.07) is 0. The Morgan fingerprint density at radius 2 is 2.39 bits per heavy atom. The number of ether oxygens (including phenoxy) is 1. The van der Waals surface area contributed by atoms with E-state index in [-0.39, 0.29) is 5.70 Å². The minimum atomic E-state index is -1.46.